The maximum atomic E-state index is 12.9. The van der Waals surface area contributed by atoms with Gasteiger partial charge in [0.1, 0.15) is 4.88 Å². The number of piperidine rings is 1. The van der Waals surface area contributed by atoms with Crippen molar-refractivity contribution in [2.75, 3.05) is 25.5 Å². The number of hydrogen-bond acceptors (Lipinski definition) is 6. The number of hydrogen-bond donors (Lipinski definition) is 1. The Kier molecular flexibility index (Phi) is 6.39. The zero-order chi connectivity index (χ0) is 20.3. The fourth-order valence-corrected chi connectivity index (χ4v) is 5.44. The molecule has 0 saturated carbocycles. The Morgan fingerprint density at radius 2 is 1.96 bits per heavy atom. The first-order valence-electron chi connectivity index (χ1n) is 8.55. The van der Waals surface area contributed by atoms with Crippen LogP contribution >= 0.6 is 22.9 Å². The summed E-state index contributed by atoms with van der Waals surface area (Å²) in [5.74, 6) is -1.36. The second-order valence-electron chi connectivity index (χ2n) is 6.30. The van der Waals surface area contributed by atoms with Gasteiger partial charge in [-0.25, -0.2) is 13.2 Å². The third-order valence-electron chi connectivity index (χ3n) is 4.50. The minimum atomic E-state index is -3.71. The van der Waals surface area contributed by atoms with E-state index in [-0.39, 0.29) is 17.3 Å². The van der Waals surface area contributed by atoms with E-state index in [4.69, 9.17) is 16.3 Å². The molecule has 1 saturated heterocycles. The van der Waals surface area contributed by atoms with Crippen molar-refractivity contribution < 1.29 is 22.7 Å². The molecular weight excluding hydrogens is 424 g/mol. The van der Waals surface area contributed by atoms with Crippen molar-refractivity contribution in [1.82, 2.24) is 4.31 Å². The Morgan fingerprint density at radius 3 is 2.64 bits per heavy atom. The number of carbonyl (C=O) groups excluding carboxylic acids is 2. The SMILES string of the molecule is COC(=O)c1sccc1NC(=O)[C@@H]1CCCN(S(=O)(=O)c2ccc(Cl)cc2)C1. The molecule has 0 aliphatic carbocycles. The van der Waals surface area contributed by atoms with Crippen LogP contribution in [0.1, 0.15) is 22.5 Å². The molecule has 10 heteroatoms. The van der Waals surface area contributed by atoms with Crippen molar-refractivity contribution >= 4 is 50.5 Å². The van der Waals surface area contributed by atoms with Gasteiger partial charge in [-0.1, -0.05) is 11.6 Å². The number of rotatable bonds is 5. The Bertz CT molecular complexity index is 972. The van der Waals surface area contributed by atoms with Gasteiger partial charge >= 0.3 is 5.97 Å². The molecule has 150 valence electrons. The van der Waals surface area contributed by atoms with Crippen LogP contribution in [0.3, 0.4) is 0 Å². The standard InChI is InChI=1S/C18H19ClN2O5S2/c1-26-18(23)16-15(8-10-27-16)20-17(22)12-3-2-9-21(11-12)28(24,25)14-6-4-13(19)5-7-14/h4-8,10,12H,2-3,9,11H2,1H3,(H,20,22)/t12-/m1/s1. The molecular formula is C18H19ClN2O5S2. The molecule has 7 nitrogen and oxygen atoms in total. The molecule has 0 spiro atoms. The van der Waals surface area contributed by atoms with Gasteiger partial charge in [-0.15, -0.1) is 11.3 Å². The van der Waals surface area contributed by atoms with Gasteiger partial charge in [0, 0.05) is 18.1 Å². The van der Waals surface area contributed by atoms with E-state index in [1.807, 2.05) is 0 Å². The van der Waals surface area contributed by atoms with Crippen LogP contribution in [0.2, 0.25) is 5.02 Å². The lowest BCUT2D eigenvalue weighted by Gasteiger charge is -2.31. The van der Waals surface area contributed by atoms with Gasteiger partial charge in [-0.2, -0.15) is 4.31 Å². The first-order valence-corrected chi connectivity index (χ1v) is 11.2. The summed E-state index contributed by atoms with van der Waals surface area (Å²) in [4.78, 5) is 24.9. The van der Waals surface area contributed by atoms with Gasteiger partial charge < -0.3 is 10.1 Å². The molecule has 0 unspecified atom stereocenters. The van der Waals surface area contributed by atoms with E-state index in [0.717, 1.165) is 0 Å². The molecule has 2 aromatic rings. The number of thiophene rings is 1. The van der Waals surface area contributed by atoms with Crippen LogP contribution in [0, 0.1) is 5.92 Å². The zero-order valence-corrected chi connectivity index (χ0v) is 17.4. The van der Waals surface area contributed by atoms with E-state index >= 15 is 0 Å². The predicted molar refractivity (Wildman–Crippen MR) is 107 cm³/mol. The van der Waals surface area contributed by atoms with Crippen LogP contribution in [0.15, 0.2) is 40.6 Å². The highest BCUT2D eigenvalue weighted by Crippen LogP contribution is 2.28. The largest absolute Gasteiger partial charge is 0.465 e. The monoisotopic (exact) mass is 442 g/mol. The second-order valence-corrected chi connectivity index (χ2v) is 9.59. The van der Waals surface area contributed by atoms with Crippen molar-refractivity contribution in [3.05, 3.63) is 45.6 Å². The maximum absolute atomic E-state index is 12.9. The van der Waals surface area contributed by atoms with Crippen molar-refractivity contribution in [2.24, 2.45) is 5.92 Å². The molecule has 1 fully saturated rings. The molecule has 1 aliphatic rings. The van der Waals surface area contributed by atoms with Crippen molar-refractivity contribution in [1.29, 1.82) is 0 Å². The van der Waals surface area contributed by atoms with Gasteiger partial charge in [0.05, 0.1) is 23.6 Å². The minimum absolute atomic E-state index is 0.0779. The summed E-state index contributed by atoms with van der Waals surface area (Å²) in [6.45, 7) is 0.426. The van der Waals surface area contributed by atoms with Crippen LogP contribution in [0.5, 0.6) is 0 Å². The Balaban J connectivity index is 1.72. The Hall–Kier alpha value is -1.94. The average Bonchev–Trinajstić information content (AvgIpc) is 3.16. The van der Waals surface area contributed by atoms with Crippen LogP contribution in [0.4, 0.5) is 5.69 Å². The van der Waals surface area contributed by atoms with Gasteiger partial charge in [0.25, 0.3) is 0 Å². The third-order valence-corrected chi connectivity index (χ3v) is 7.53. The number of anilines is 1. The third kappa shape index (κ3) is 4.38. The van der Waals surface area contributed by atoms with E-state index in [9.17, 15) is 18.0 Å². The summed E-state index contributed by atoms with van der Waals surface area (Å²) in [7, 11) is -2.44. The summed E-state index contributed by atoms with van der Waals surface area (Å²) in [6, 6.07) is 7.57. The molecule has 0 bridgehead atoms. The molecule has 1 N–H and O–H groups in total. The fourth-order valence-electron chi connectivity index (χ4n) is 3.02. The first-order chi connectivity index (χ1) is 13.3. The number of nitrogens with zero attached hydrogens (tertiary/aromatic N) is 1. The number of esters is 1. The summed E-state index contributed by atoms with van der Waals surface area (Å²) in [6.07, 6.45) is 1.13. The van der Waals surface area contributed by atoms with E-state index in [1.165, 1.54) is 47.0 Å². The smallest absolute Gasteiger partial charge is 0.350 e. The fraction of sp³-hybridized carbons (Fsp3) is 0.333. The number of methoxy groups -OCH3 is 1. The lowest BCUT2D eigenvalue weighted by molar-refractivity contribution is -0.120. The summed E-state index contributed by atoms with van der Waals surface area (Å²) < 4.78 is 31.7. The van der Waals surface area contributed by atoms with Crippen LogP contribution in [-0.4, -0.2) is 44.8 Å². The molecule has 0 radical (unpaired) electrons. The van der Waals surface area contributed by atoms with Crippen molar-refractivity contribution in [2.45, 2.75) is 17.7 Å². The lowest BCUT2D eigenvalue weighted by atomic mass is 9.99. The number of carbonyl (C=O) groups is 2. The quantitative estimate of drug-likeness (QED) is 0.717. The average molecular weight is 443 g/mol. The number of nitrogens with one attached hydrogen (secondary N) is 1. The highest BCUT2D eigenvalue weighted by molar-refractivity contribution is 7.89. The molecule has 3 rings (SSSR count). The minimum Gasteiger partial charge on any atom is -0.465 e. The molecule has 1 aromatic heterocycles. The molecule has 28 heavy (non-hydrogen) atoms. The summed E-state index contributed by atoms with van der Waals surface area (Å²) in [5, 5.41) is 4.86. The van der Waals surface area contributed by atoms with Crippen molar-refractivity contribution in [3.63, 3.8) is 0 Å². The highest BCUT2D eigenvalue weighted by atomic mass is 35.5. The van der Waals surface area contributed by atoms with Gasteiger partial charge in [-0.3, -0.25) is 4.79 Å². The summed E-state index contributed by atoms with van der Waals surface area (Å²) in [5.41, 5.74) is 0.375. The number of halogens is 1. The van der Waals surface area contributed by atoms with Crippen molar-refractivity contribution in [3.8, 4) is 0 Å². The van der Waals surface area contributed by atoms with E-state index in [0.29, 0.717) is 35.0 Å². The molecule has 1 atom stereocenters. The lowest BCUT2D eigenvalue weighted by Crippen LogP contribution is -2.43. The Labute approximate surface area is 172 Å². The molecule has 2 heterocycles. The van der Waals surface area contributed by atoms with Gasteiger partial charge in [-0.05, 0) is 48.6 Å². The normalized spacial score (nSPS) is 17.9. The number of benzene rings is 1. The molecule has 1 aliphatic heterocycles. The second kappa shape index (κ2) is 8.60. The maximum Gasteiger partial charge on any atom is 0.350 e. The van der Waals surface area contributed by atoms with Crippen LogP contribution in [-0.2, 0) is 19.6 Å². The van der Waals surface area contributed by atoms with Crippen LogP contribution in [0.25, 0.3) is 0 Å². The van der Waals surface area contributed by atoms with E-state index in [2.05, 4.69) is 5.32 Å². The summed E-state index contributed by atoms with van der Waals surface area (Å²) >= 11 is 7.00. The molecule has 1 aromatic carbocycles. The molecule has 1 amide bonds. The first kappa shape index (κ1) is 20.8. The highest BCUT2D eigenvalue weighted by Gasteiger charge is 2.33. The van der Waals surface area contributed by atoms with E-state index in [1.54, 1.807) is 11.4 Å². The number of amides is 1. The number of sulfonamides is 1. The predicted octanol–water partition coefficient (Wildman–Crippen LogP) is 3.23. The van der Waals surface area contributed by atoms with Crippen LogP contribution < -0.4 is 5.32 Å². The van der Waals surface area contributed by atoms with Gasteiger partial charge in [0.2, 0.25) is 15.9 Å². The number of ether oxygens (including phenoxy) is 1. The van der Waals surface area contributed by atoms with E-state index < -0.39 is 21.9 Å². The Morgan fingerprint density at radius 1 is 1.25 bits per heavy atom. The topological polar surface area (TPSA) is 92.8 Å². The van der Waals surface area contributed by atoms with Gasteiger partial charge in [0.15, 0.2) is 0 Å². The zero-order valence-electron chi connectivity index (χ0n) is 15.1.